The van der Waals surface area contributed by atoms with Crippen LogP contribution in [0.15, 0.2) is 34.0 Å². The van der Waals surface area contributed by atoms with Gasteiger partial charge in [-0.05, 0) is 25.0 Å². The van der Waals surface area contributed by atoms with Crippen LogP contribution >= 0.6 is 11.6 Å². The molecule has 3 rings (SSSR count). The van der Waals surface area contributed by atoms with Crippen LogP contribution in [0.5, 0.6) is 0 Å². The Morgan fingerprint density at radius 1 is 1.19 bits per heavy atom. The number of benzene rings is 1. The summed E-state index contributed by atoms with van der Waals surface area (Å²) >= 11 is 5.97. The number of piperidine rings is 1. The number of alkyl halides is 3. The van der Waals surface area contributed by atoms with E-state index in [1.807, 2.05) is 0 Å². The second kappa shape index (κ2) is 6.95. The molecule has 0 unspecified atom stereocenters. The van der Waals surface area contributed by atoms with Gasteiger partial charge in [0, 0.05) is 20.1 Å². The topological polar surface area (TPSA) is 77.2 Å². The number of aromatic nitrogens is 3. The molecule has 0 spiro atoms. The third kappa shape index (κ3) is 3.63. The molecule has 0 N–H and O–H groups in total. The summed E-state index contributed by atoms with van der Waals surface area (Å²) in [6.07, 6.45) is -4.41. The summed E-state index contributed by atoms with van der Waals surface area (Å²) < 4.78 is 66.6. The Bertz CT molecular complexity index is 1010. The van der Waals surface area contributed by atoms with Crippen LogP contribution in [0.2, 0.25) is 5.02 Å². The number of hydrogen-bond acceptors (Lipinski definition) is 4. The van der Waals surface area contributed by atoms with Crippen molar-refractivity contribution in [1.82, 2.24) is 18.7 Å². The van der Waals surface area contributed by atoms with Gasteiger partial charge < -0.3 is 0 Å². The summed E-state index contributed by atoms with van der Waals surface area (Å²) in [5.41, 5.74) is -0.880. The van der Waals surface area contributed by atoms with Crippen molar-refractivity contribution in [2.24, 2.45) is 7.05 Å². The van der Waals surface area contributed by atoms with Crippen LogP contribution in [0.4, 0.5) is 13.2 Å². The molecule has 1 fully saturated rings. The molecular formula is C15H16ClF3N4O3S. The molecule has 0 amide bonds. The van der Waals surface area contributed by atoms with Crippen molar-refractivity contribution in [3.05, 3.63) is 45.6 Å². The van der Waals surface area contributed by atoms with E-state index in [9.17, 15) is 26.4 Å². The van der Waals surface area contributed by atoms with E-state index in [4.69, 9.17) is 11.6 Å². The highest BCUT2D eigenvalue weighted by atomic mass is 35.5. The molecule has 7 nitrogen and oxygen atoms in total. The second-order valence-electron chi connectivity index (χ2n) is 6.17. The maximum atomic E-state index is 12.9. The number of sulfonamides is 1. The first kappa shape index (κ1) is 19.9. The maximum Gasteiger partial charge on any atom is 0.451 e. The van der Waals surface area contributed by atoms with E-state index in [1.165, 1.54) is 16.4 Å². The van der Waals surface area contributed by atoms with E-state index >= 15 is 0 Å². The monoisotopic (exact) mass is 424 g/mol. The van der Waals surface area contributed by atoms with Crippen molar-refractivity contribution in [2.75, 3.05) is 13.1 Å². The molecule has 1 aromatic carbocycles. The standard InChI is InChI=1S/C15H16ClF3N4O3S/c1-21-13(15(17,18)19)20-23(14(21)24)10-6-8-22(9-7-10)27(25,26)12-5-3-2-4-11(12)16/h2-5,10H,6-9H2,1H3. The molecule has 2 heterocycles. The van der Waals surface area contributed by atoms with Gasteiger partial charge in [0.2, 0.25) is 15.8 Å². The minimum Gasteiger partial charge on any atom is -0.274 e. The molecule has 27 heavy (non-hydrogen) atoms. The molecule has 1 aliphatic heterocycles. The van der Waals surface area contributed by atoms with E-state index in [1.54, 1.807) is 12.1 Å². The quantitative estimate of drug-likeness (QED) is 0.757. The largest absolute Gasteiger partial charge is 0.451 e. The summed E-state index contributed by atoms with van der Waals surface area (Å²) in [7, 11) is -2.82. The van der Waals surface area contributed by atoms with Crippen LogP contribution in [-0.4, -0.2) is 40.2 Å². The molecular weight excluding hydrogens is 409 g/mol. The summed E-state index contributed by atoms with van der Waals surface area (Å²) in [6.45, 7) is 0.0885. The van der Waals surface area contributed by atoms with Crippen molar-refractivity contribution >= 4 is 21.6 Å². The smallest absolute Gasteiger partial charge is 0.274 e. The van der Waals surface area contributed by atoms with Gasteiger partial charge in [-0.2, -0.15) is 17.5 Å². The molecule has 0 aliphatic carbocycles. The van der Waals surface area contributed by atoms with E-state index in [-0.39, 0.29) is 35.8 Å². The molecule has 1 aromatic heterocycles. The highest BCUT2D eigenvalue weighted by Crippen LogP contribution is 2.30. The fourth-order valence-corrected chi connectivity index (χ4v) is 5.02. The van der Waals surface area contributed by atoms with Crippen LogP contribution < -0.4 is 5.69 Å². The lowest BCUT2D eigenvalue weighted by Crippen LogP contribution is -2.41. The van der Waals surface area contributed by atoms with Crippen molar-refractivity contribution in [1.29, 1.82) is 0 Å². The maximum absolute atomic E-state index is 12.9. The van der Waals surface area contributed by atoms with E-state index < -0.39 is 33.8 Å². The molecule has 0 bridgehead atoms. The molecule has 12 heteroatoms. The minimum absolute atomic E-state index is 0.0283. The Morgan fingerprint density at radius 2 is 1.78 bits per heavy atom. The summed E-state index contributed by atoms with van der Waals surface area (Å²) in [5.74, 6) is -1.28. The predicted octanol–water partition coefficient (Wildman–Crippen LogP) is 2.28. The van der Waals surface area contributed by atoms with Crippen molar-refractivity contribution < 1.29 is 21.6 Å². The Balaban J connectivity index is 1.81. The number of rotatable bonds is 3. The minimum atomic E-state index is -4.74. The summed E-state index contributed by atoms with van der Waals surface area (Å²) in [5, 5.41) is 3.51. The average Bonchev–Trinajstić information content (AvgIpc) is 2.91. The highest BCUT2D eigenvalue weighted by molar-refractivity contribution is 7.89. The first-order chi connectivity index (χ1) is 12.5. The lowest BCUT2D eigenvalue weighted by molar-refractivity contribution is -0.147. The van der Waals surface area contributed by atoms with Crippen molar-refractivity contribution in [3.63, 3.8) is 0 Å². The fourth-order valence-electron chi connectivity index (χ4n) is 3.06. The van der Waals surface area contributed by atoms with Crippen LogP contribution in [0.1, 0.15) is 24.7 Å². The number of nitrogens with zero attached hydrogens (tertiary/aromatic N) is 4. The zero-order valence-corrected chi connectivity index (χ0v) is 15.7. The predicted molar refractivity (Wildman–Crippen MR) is 91.0 cm³/mol. The third-order valence-corrected chi connectivity index (χ3v) is 6.88. The third-order valence-electron chi connectivity index (χ3n) is 4.48. The van der Waals surface area contributed by atoms with Crippen LogP contribution in [0.25, 0.3) is 0 Å². The lowest BCUT2D eigenvalue weighted by atomic mass is 10.1. The first-order valence-electron chi connectivity index (χ1n) is 8.01. The van der Waals surface area contributed by atoms with E-state index in [0.29, 0.717) is 4.57 Å². The highest BCUT2D eigenvalue weighted by Gasteiger charge is 2.39. The number of hydrogen-bond donors (Lipinski definition) is 0. The van der Waals surface area contributed by atoms with Gasteiger partial charge in [0.25, 0.3) is 0 Å². The normalized spacial score (nSPS) is 17.4. The molecule has 0 saturated carbocycles. The van der Waals surface area contributed by atoms with Gasteiger partial charge in [-0.1, -0.05) is 23.7 Å². The molecule has 0 atom stereocenters. The summed E-state index contributed by atoms with van der Waals surface area (Å²) in [6, 6.07) is 5.41. The van der Waals surface area contributed by atoms with E-state index in [2.05, 4.69) is 5.10 Å². The Morgan fingerprint density at radius 3 is 2.30 bits per heavy atom. The van der Waals surface area contributed by atoms with Gasteiger partial charge in [0.15, 0.2) is 0 Å². The SMILES string of the molecule is Cn1c(C(F)(F)F)nn(C2CCN(S(=O)(=O)c3ccccc3Cl)CC2)c1=O. The lowest BCUT2D eigenvalue weighted by Gasteiger charge is -2.31. The van der Waals surface area contributed by atoms with Crippen LogP contribution in [0.3, 0.4) is 0 Å². The average molecular weight is 425 g/mol. The Kier molecular flexibility index (Phi) is 5.12. The number of halogens is 4. The molecule has 0 radical (unpaired) electrons. The fraction of sp³-hybridized carbons (Fsp3) is 0.467. The van der Waals surface area contributed by atoms with Gasteiger partial charge in [-0.25, -0.2) is 17.9 Å². The zero-order chi connectivity index (χ0) is 20.0. The molecule has 2 aromatic rings. The second-order valence-corrected chi connectivity index (χ2v) is 8.49. The van der Waals surface area contributed by atoms with Gasteiger partial charge in [-0.3, -0.25) is 4.57 Å². The van der Waals surface area contributed by atoms with Crippen molar-refractivity contribution in [3.8, 4) is 0 Å². The van der Waals surface area contributed by atoms with Gasteiger partial charge in [0.05, 0.1) is 11.1 Å². The molecule has 1 aliphatic rings. The van der Waals surface area contributed by atoms with Crippen LogP contribution in [-0.2, 0) is 23.2 Å². The van der Waals surface area contributed by atoms with E-state index in [0.717, 1.165) is 11.7 Å². The molecule has 1 saturated heterocycles. The Hall–Kier alpha value is -1.85. The Labute approximate surface area is 158 Å². The van der Waals surface area contributed by atoms with Crippen molar-refractivity contribution in [2.45, 2.75) is 30.0 Å². The zero-order valence-electron chi connectivity index (χ0n) is 14.1. The van der Waals surface area contributed by atoms with Gasteiger partial charge in [0.1, 0.15) is 4.90 Å². The van der Waals surface area contributed by atoms with Gasteiger partial charge >= 0.3 is 11.9 Å². The van der Waals surface area contributed by atoms with Crippen LogP contribution in [0, 0.1) is 0 Å². The summed E-state index contributed by atoms with van der Waals surface area (Å²) in [4.78, 5) is 12.1. The molecule has 148 valence electrons. The van der Waals surface area contributed by atoms with Gasteiger partial charge in [-0.15, -0.1) is 5.10 Å². The first-order valence-corrected chi connectivity index (χ1v) is 9.82.